The Balaban J connectivity index is 1.24. The third-order valence-corrected chi connectivity index (χ3v) is 9.53. The number of thiophene rings is 1. The van der Waals surface area contributed by atoms with Crippen molar-refractivity contribution in [1.29, 1.82) is 0 Å². The summed E-state index contributed by atoms with van der Waals surface area (Å²) in [6.45, 7) is 0.777. The van der Waals surface area contributed by atoms with Gasteiger partial charge in [0.2, 0.25) is 0 Å². The summed E-state index contributed by atoms with van der Waals surface area (Å²) in [4.78, 5) is 18.4. The van der Waals surface area contributed by atoms with Gasteiger partial charge in [0, 0.05) is 12.1 Å². The molecule has 0 amide bonds. The van der Waals surface area contributed by atoms with E-state index in [2.05, 4.69) is 48.5 Å². The molecule has 7 rings (SSSR count). The number of hydrogen-bond acceptors (Lipinski definition) is 3. The van der Waals surface area contributed by atoms with Gasteiger partial charge in [-0.05, 0) is 77.8 Å². The highest BCUT2D eigenvalue weighted by molar-refractivity contribution is 7.17. The molecule has 0 saturated heterocycles. The molecule has 3 aliphatic carbocycles. The molecule has 3 aliphatic rings. The molecule has 0 aliphatic heterocycles. The van der Waals surface area contributed by atoms with Crippen molar-refractivity contribution >= 4 is 21.6 Å². The van der Waals surface area contributed by atoms with E-state index in [9.17, 15) is 4.79 Å². The van der Waals surface area contributed by atoms with Gasteiger partial charge in [-0.15, -0.1) is 11.3 Å². The third-order valence-electron chi connectivity index (χ3n) is 8.63. The predicted molar refractivity (Wildman–Crippen MR) is 131 cm³/mol. The molecule has 1 spiro atoms. The Hall–Kier alpha value is -2.72. The normalized spacial score (nSPS) is 27.7. The van der Waals surface area contributed by atoms with Gasteiger partial charge in [0.05, 0.1) is 5.52 Å². The fourth-order valence-electron chi connectivity index (χ4n) is 6.82. The van der Waals surface area contributed by atoms with E-state index in [1.807, 2.05) is 22.1 Å². The van der Waals surface area contributed by atoms with E-state index < -0.39 is 0 Å². The van der Waals surface area contributed by atoms with Gasteiger partial charge >= 0.3 is 0 Å². The van der Waals surface area contributed by atoms with Gasteiger partial charge in [-0.2, -0.15) is 0 Å². The topological polar surface area (TPSA) is 34.9 Å². The maximum absolute atomic E-state index is 13.4. The molecule has 2 unspecified atom stereocenters. The molecule has 3 nitrogen and oxygen atoms in total. The van der Waals surface area contributed by atoms with Crippen LogP contribution in [-0.4, -0.2) is 9.55 Å². The van der Waals surface area contributed by atoms with Gasteiger partial charge in [0.25, 0.3) is 5.56 Å². The summed E-state index contributed by atoms with van der Waals surface area (Å²) in [6, 6.07) is 20.9. The SMILES string of the molecule is O=c1c2sccc2nc(-c2ccc(-c3ccccc3)cc2)n1CCC1C[C@@H]2CC23CC[C@@H]13. The summed E-state index contributed by atoms with van der Waals surface area (Å²) in [5, 5.41) is 1.98. The van der Waals surface area contributed by atoms with Crippen molar-refractivity contribution in [3.8, 4) is 22.5 Å². The molecule has 4 heteroatoms. The summed E-state index contributed by atoms with van der Waals surface area (Å²) in [5.41, 5.74) is 5.08. The first-order chi connectivity index (χ1) is 15.7. The lowest BCUT2D eigenvalue weighted by Crippen LogP contribution is -2.31. The fourth-order valence-corrected chi connectivity index (χ4v) is 7.60. The molecule has 4 atom stereocenters. The van der Waals surface area contributed by atoms with Crippen LogP contribution >= 0.6 is 11.3 Å². The van der Waals surface area contributed by atoms with Gasteiger partial charge in [-0.3, -0.25) is 9.36 Å². The smallest absolute Gasteiger partial charge is 0.271 e. The first-order valence-corrected chi connectivity index (χ1v) is 12.7. The minimum atomic E-state index is 0.124. The minimum Gasteiger partial charge on any atom is -0.291 e. The standard InChI is InChI=1S/C28H26N2OS/c31-27-25-24(12-15-32-25)29-26(20-8-6-19(7-9-20)18-4-2-1-3-5-18)30(27)14-11-21-16-22-17-28(22)13-10-23(21)28/h1-9,12,15,21-23H,10-11,13-14,16-17H2/t21?,22-,23+,28?/m1/s1. The lowest BCUT2D eigenvalue weighted by molar-refractivity contribution is 0.110. The van der Waals surface area contributed by atoms with Crippen LogP contribution in [0, 0.1) is 23.2 Å². The second-order valence-corrected chi connectivity index (χ2v) is 11.0. The molecule has 0 bridgehead atoms. The Morgan fingerprint density at radius 3 is 2.53 bits per heavy atom. The second-order valence-electron chi connectivity index (χ2n) is 10.0. The fraction of sp³-hybridized carbons (Fsp3) is 0.357. The molecule has 2 heterocycles. The zero-order valence-electron chi connectivity index (χ0n) is 18.0. The predicted octanol–water partition coefficient (Wildman–Crippen LogP) is 6.62. The third kappa shape index (κ3) is 2.72. The van der Waals surface area contributed by atoms with Crippen molar-refractivity contribution in [1.82, 2.24) is 9.55 Å². The van der Waals surface area contributed by atoms with Crippen LogP contribution in [0.3, 0.4) is 0 Å². The molecule has 3 saturated carbocycles. The average Bonchev–Trinajstić information content (AvgIpc) is 3.29. The van der Waals surface area contributed by atoms with Crippen molar-refractivity contribution in [2.75, 3.05) is 0 Å². The van der Waals surface area contributed by atoms with Gasteiger partial charge in [0.1, 0.15) is 10.5 Å². The van der Waals surface area contributed by atoms with Crippen molar-refractivity contribution in [3.05, 3.63) is 76.4 Å². The lowest BCUT2D eigenvalue weighted by Gasteiger charge is -2.38. The van der Waals surface area contributed by atoms with Crippen LogP contribution in [-0.2, 0) is 6.54 Å². The maximum atomic E-state index is 13.4. The monoisotopic (exact) mass is 438 g/mol. The molecular weight excluding hydrogens is 412 g/mol. The molecule has 2 aromatic carbocycles. The zero-order chi connectivity index (χ0) is 21.3. The Kier molecular flexibility index (Phi) is 4.05. The second kappa shape index (κ2) is 6.89. The van der Waals surface area contributed by atoms with Crippen LogP contribution < -0.4 is 5.56 Å². The van der Waals surface area contributed by atoms with Gasteiger partial charge in [-0.1, -0.05) is 54.6 Å². The molecule has 2 aromatic heterocycles. The molecule has 4 aromatic rings. The van der Waals surface area contributed by atoms with Gasteiger partial charge < -0.3 is 0 Å². The van der Waals surface area contributed by atoms with Crippen molar-refractivity contribution < 1.29 is 0 Å². The largest absolute Gasteiger partial charge is 0.291 e. The van der Waals surface area contributed by atoms with Crippen LogP contribution in [0.4, 0.5) is 0 Å². The Morgan fingerprint density at radius 1 is 1.00 bits per heavy atom. The van der Waals surface area contributed by atoms with E-state index in [-0.39, 0.29) is 5.56 Å². The Labute approximate surface area is 191 Å². The highest BCUT2D eigenvalue weighted by Crippen LogP contribution is 2.78. The molecule has 0 radical (unpaired) electrons. The Bertz CT molecular complexity index is 1370. The van der Waals surface area contributed by atoms with E-state index >= 15 is 0 Å². The van der Waals surface area contributed by atoms with Gasteiger partial charge in [-0.25, -0.2) is 4.98 Å². The number of nitrogens with zero attached hydrogens (tertiary/aromatic N) is 2. The molecular formula is C28H26N2OS. The van der Waals surface area contributed by atoms with Gasteiger partial charge in [0.15, 0.2) is 0 Å². The van der Waals surface area contributed by atoms with E-state index in [1.165, 1.54) is 48.1 Å². The summed E-state index contributed by atoms with van der Waals surface area (Å²) in [6.07, 6.45) is 6.84. The van der Waals surface area contributed by atoms with Crippen LogP contribution in [0.2, 0.25) is 0 Å². The van der Waals surface area contributed by atoms with E-state index in [0.29, 0.717) is 0 Å². The number of hydrogen-bond donors (Lipinski definition) is 0. The number of benzene rings is 2. The summed E-state index contributed by atoms with van der Waals surface area (Å²) in [5.74, 6) is 3.52. The highest BCUT2D eigenvalue weighted by atomic mass is 32.1. The van der Waals surface area contributed by atoms with E-state index in [4.69, 9.17) is 4.98 Å². The minimum absolute atomic E-state index is 0.124. The van der Waals surface area contributed by atoms with E-state index in [0.717, 1.165) is 57.7 Å². The van der Waals surface area contributed by atoms with Crippen molar-refractivity contribution in [2.45, 2.75) is 38.6 Å². The summed E-state index contributed by atoms with van der Waals surface area (Å²) < 4.78 is 2.75. The lowest BCUT2D eigenvalue weighted by atomic mass is 9.67. The number of rotatable bonds is 5. The first-order valence-electron chi connectivity index (χ1n) is 11.9. The highest BCUT2D eigenvalue weighted by Gasteiger charge is 2.69. The molecule has 160 valence electrons. The Morgan fingerprint density at radius 2 is 1.78 bits per heavy atom. The number of aromatic nitrogens is 2. The van der Waals surface area contributed by atoms with Crippen molar-refractivity contribution in [3.63, 3.8) is 0 Å². The van der Waals surface area contributed by atoms with Crippen LogP contribution in [0.5, 0.6) is 0 Å². The summed E-state index contributed by atoms with van der Waals surface area (Å²) in [7, 11) is 0. The zero-order valence-corrected chi connectivity index (χ0v) is 18.9. The number of fused-ring (bicyclic) bond motifs is 1. The maximum Gasteiger partial charge on any atom is 0.271 e. The molecule has 3 fully saturated rings. The van der Waals surface area contributed by atoms with Crippen LogP contribution in [0.25, 0.3) is 32.7 Å². The van der Waals surface area contributed by atoms with Crippen LogP contribution in [0.1, 0.15) is 32.1 Å². The average molecular weight is 439 g/mol. The molecule has 32 heavy (non-hydrogen) atoms. The first kappa shape index (κ1) is 18.8. The molecule has 0 N–H and O–H groups in total. The van der Waals surface area contributed by atoms with Crippen LogP contribution in [0.15, 0.2) is 70.8 Å². The quantitative estimate of drug-likeness (QED) is 0.351. The van der Waals surface area contributed by atoms with E-state index in [1.54, 1.807) is 0 Å². The summed E-state index contributed by atoms with van der Waals surface area (Å²) >= 11 is 1.51. The van der Waals surface area contributed by atoms with Crippen molar-refractivity contribution in [2.24, 2.45) is 23.2 Å².